The van der Waals surface area contributed by atoms with Crippen LogP contribution in [-0.2, 0) is 4.74 Å². The van der Waals surface area contributed by atoms with Gasteiger partial charge in [-0.15, -0.1) is 0 Å². The van der Waals surface area contributed by atoms with Crippen LogP contribution in [0.5, 0.6) is 0 Å². The molecule has 0 aliphatic heterocycles. The lowest BCUT2D eigenvalue weighted by Gasteiger charge is -2.29. The summed E-state index contributed by atoms with van der Waals surface area (Å²) < 4.78 is 20.9. The van der Waals surface area contributed by atoms with Crippen molar-refractivity contribution in [1.29, 1.82) is 0 Å². The molecule has 0 bridgehead atoms. The Hall–Kier alpha value is -1.95. The molecule has 1 aliphatic rings. The predicted octanol–water partition coefficient (Wildman–Crippen LogP) is 2.78. The third-order valence-corrected chi connectivity index (χ3v) is 3.99. The number of benzene rings is 1. The molecule has 0 saturated heterocycles. The van der Waals surface area contributed by atoms with Crippen molar-refractivity contribution in [3.8, 4) is 5.69 Å². The molecule has 3 rings (SSSR count). The van der Waals surface area contributed by atoms with Crippen LogP contribution in [-0.4, -0.2) is 34.0 Å². The second-order valence-corrected chi connectivity index (χ2v) is 5.36. The van der Waals surface area contributed by atoms with Crippen LogP contribution >= 0.6 is 0 Å². The van der Waals surface area contributed by atoms with Crippen LogP contribution < -0.4 is 5.32 Å². The van der Waals surface area contributed by atoms with Gasteiger partial charge in [0.2, 0.25) is 0 Å². The van der Waals surface area contributed by atoms with E-state index in [1.165, 1.54) is 23.4 Å². The molecule has 1 N–H and O–H groups in total. The lowest BCUT2D eigenvalue weighted by atomic mass is 9.93. The van der Waals surface area contributed by atoms with E-state index in [-0.39, 0.29) is 5.82 Å². The van der Waals surface area contributed by atoms with Crippen LogP contribution in [0.2, 0.25) is 0 Å². The summed E-state index contributed by atoms with van der Waals surface area (Å²) in [6.45, 7) is 0. The molecule has 0 atom stereocenters. The van der Waals surface area contributed by atoms with Crippen molar-refractivity contribution in [3.63, 3.8) is 0 Å². The zero-order chi connectivity index (χ0) is 14.7. The molecule has 21 heavy (non-hydrogen) atoms. The maximum Gasteiger partial charge on any atom is 0.150 e. The molecule has 1 aromatic carbocycles. The summed E-state index contributed by atoms with van der Waals surface area (Å²) in [6, 6.07) is 5.49. The average Bonchev–Trinajstić information content (AvgIpc) is 3.02. The number of methoxy groups -OCH3 is 1. The normalized spacial score (nSPS) is 22.2. The minimum Gasteiger partial charge on any atom is -0.382 e. The Bertz CT molecular complexity index is 579. The Labute approximate surface area is 123 Å². The summed E-state index contributed by atoms with van der Waals surface area (Å²) in [5.41, 5.74) is 1.21. The summed E-state index contributed by atoms with van der Waals surface area (Å²) in [7, 11) is 1.76. The summed E-state index contributed by atoms with van der Waals surface area (Å²) in [6.07, 6.45) is 7.43. The maximum atomic E-state index is 14.1. The molecule has 0 unspecified atom stereocenters. The molecule has 1 heterocycles. The molecule has 0 spiro atoms. The summed E-state index contributed by atoms with van der Waals surface area (Å²) in [5.74, 6) is -0.309. The number of hydrogen-bond donors (Lipinski definition) is 1. The molecular weight excluding hydrogens is 271 g/mol. The van der Waals surface area contributed by atoms with Gasteiger partial charge >= 0.3 is 0 Å². The van der Waals surface area contributed by atoms with E-state index in [0.29, 0.717) is 17.8 Å². The zero-order valence-electron chi connectivity index (χ0n) is 12.0. The number of nitrogens with zero attached hydrogens (tertiary/aromatic N) is 3. The summed E-state index contributed by atoms with van der Waals surface area (Å²) in [4.78, 5) is 3.83. The number of halogens is 1. The van der Waals surface area contributed by atoms with Gasteiger partial charge in [-0.2, -0.15) is 5.10 Å². The van der Waals surface area contributed by atoms with E-state index in [9.17, 15) is 4.39 Å². The van der Waals surface area contributed by atoms with E-state index in [0.717, 1.165) is 31.4 Å². The Morgan fingerprint density at radius 2 is 2.10 bits per heavy atom. The maximum absolute atomic E-state index is 14.1. The highest BCUT2D eigenvalue weighted by Crippen LogP contribution is 2.25. The predicted molar refractivity (Wildman–Crippen MR) is 78.0 cm³/mol. The number of aromatic nitrogens is 3. The second-order valence-electron chi connectivity index (χ2n) is 5.36. The topological polar surface area (TPSA) is 52.0 Å². The van der Waals surface area contributed by atoms with E-state index in [1.807, 2.05) is 6.07 Å². The second kappa shape index (κ2) is 6.22. The van der Waals surface area contributed by atoms with Crippen molar-refractivity contribution in [1.82, 2.24) is 14.8 Å². The van der Waals surface area contributed by atoms with Crippen LogP contribution in [0, 0.1) is 5.82 Å². The third kappa shape index (κ3) is 3.21. The standard InChI is InChI=1S/C15H19FN4O/c1-21-13-5-2-11(3-6-13)19-12-4-7-15(14(16)8-12)20-10-17-9-18-20/h4,7-11,13,19H,2-3,5-6H2,1H3. The summed E-state index contributed by atoms with van der Waals surface area (Å²) in [5, 5.41) is 7.34. The van der Waals surface area contributed by atoms with Gasteiger partial charge < -0.3 is 10.1 Å². The molecule has 112 valence electrons. The Balaban J connectivity index is 1.66. The number of rotatable bonds is 4. The molecular formula is C15H19FN4O. The third-order valence-electron chi connectivity index (χ3n) is 3.99. The van der Waals surface area contributed by atoms with E-state index in [2.05, 4.69) is 15.4 Å². The fourth-order valence-corrected chi connectivity index (χ4v) is 2.79. The van der Waals surface area contributed by atoms with Crippen molar-refractivity contribution in [2.24, 2.45) is 0 Å². The van der Waals surface area contributed by atoms with Crippen molar-refractivity contribution in [2.75, 3.05) is 12.4 Å². The lowest BCUT2D eigenvalue weighted by Crippen LogP contribution is -2.29. The molecule has 5 nitrogen and oxygen atoms in total. The van der Waals surface area contributed by atoms with Crippen LogP contribution in [0.25, 0.3) is 5.69 Å². The van der Waals surface area contributed by atoms with Crippen molar-refractivity contribution in [3.05, 3.63) is 36.7 Å². The molecule has 6 heteroatoms. The SMILES string of the molecule is COC1CCC(Nc2ccc(-n3cncn3)c(F)c2)CC1. The molecule has 1 saturated carbocycles. The van der Waals surface area contributed by atoms with Gasteiger partial charge in [-0.05, 0) is 43.9 Å². The van der Waals surface area contributed by atoms with Gasteiger partial charge in [0.1, 0.15) is 18.3 Å². The van der Waals surface area contributed by atoms with Crippen molar-refractivity contribution >= 4 is 5.69 Å². The molecule has 2 aromatic rings. The Kier molecular flexibility index (Phi) is 4.15. The molecule has 1 aromatic heterocycles. The molecule has 0 radical (unpaired) electrons. The van der Waals surface area contributed by atoms with E-state index >= 15 is 0 Å². The highest BCUT2D eigenvalue weighted by Gasteiger charge is 2.20. The average molecular weight is 290 g/mol. The van der Waals surface area contributed by atoms with Crippen LogP contribution in [0.1, 0.15) is 25.7 Å². The van der Waals surface area contributed by atoms with Crippen LogP contribution in [0.3, 0.4) is 0 Å². The number of nitrogens with one attached hydrogen (secondary N) is 1. The minimum atomic E-state index is -0.309. The van der Waals surface area contributed by atoms with Gasteiger partial charge in [-0.3, -0.25) is 0 Å². The van der Waals surface area contributed by atoms with Crippen molar-refractivity contribution in [2.45, 2.75) is 37.8 Å². The molecule has 1 fully saturated rings. The quantitative estimate of drug-likeness (QED) is 0.940. The lowest BCUT2D eigenvalue weighted by molar-refractivity contribution is 0.0682. The zero-order valence-corrected chi connectivity index (χ0v) is 12.0. The monoisotopic (exact) mass is 290 g/mol. The largest absolute Gasteiger partial charge is 0.382 e. The van der Waals surface area contributed by atoms with Gasteiger partial charge in [0, 0.05) is 18.8 Å². The molecule has 1 aliphatic carbocycles. The number of anilines is 1. The van der Waals surface area contributed by atoms with E-state index < -0.39 is 0 Å². The molecule has 0 amide bonds. The fraction of sp³-hybridized carbons (Fsp3) is 0.467. The van der Waals surface area contributed by atoms with Crippen LogP contribution in [0.4, 0.5) is 10.1 Å². The minimum absolute atomic E-state index is 0.309. The van der Waals surface area contributed by atoms with Gasteiger partial charge in [0.15, 0.2) is 5.82 Å². The van der Waals surface area contributed by atoms with Gasteiger partial charge in [-0.1, -0.05) is 0 Å². The Morgan fingerprint density at radius 3 is 2.71 bits per heavy atom. The highest BCUT2D eigenvalue weighted by atomic mass is 19.1. The smallest absolute Gasteiger partial charge is 0.150 e. The first-order chi connectivity index (χ1) is 10.3. The first kappa shape index (κ1) is 14.0. The Morgan fingerprint density at radius 1 is 1.29 bits per heavy atom. The first-order valence-electron chi connectivity index (χ1n) is 7.20. The van der Waals surface area contributed by atoms with E-state index in [4.69, 9.17) is 4.74 Å². The van der Waals surface area contributed by atoms with Crippen molar-refractivity contribution < 1.29 is 9.13 Å². The van der Waals surface area contributed by atoms with Gasteiger partial charge in [-0.25, -0.2) is 14.1 Å². The van der Waals surface area contributed by atoms with Crippen LogP contribution in [0.15, 0.2) is 30.9 Å². The van der Waals surface area contributed by atoms with Gasteiger partial charge in [0.25, 0.3) is 0 Å². The van der Waals surface area contributed by atoms with E-state index in [1.54, 1.807) is 13.2 Å². The highest BCUT2D eigenvalue weighted by molar-refractivity contribution is 5.50. The summed E-state index contributed by atoms with van der Waals surface area (Å²) >= 11 is 0. The first-order valence-corrected chi connectivity index (χ1v) is 7.20. The number of hydrogen-bond acceptors (Lipinski definition) is 4. The fourth-order valence-electron chi connectivity index (χ4n) is 2.79. The van der Waals surface area contributed by atoms with Gasteiger partial charge in [0.05, 0.1) is 6.10 Å². The number of ether oxygens (including phenoxy) is 1.